The molecular formula is C13H29N3. The van der Waals surface area contributed by atoms with Crippen molar-refractivity contribution in [3.8, 4) is 0 Å². The predicted molar refractivity (Wildman–Crippen MR) is 72.5 cm³/mol. The first-order valence-electron chi connectivity index (χ1n) is 6.21. The van der Waals surface area contributed by atoms with E-state index in [-0.39, 0.29) is 5.41 Å². The summed E-state index contributed by atoms with van der Waals surface area (Å²) in [7, 11) is 8.42. The molecule has 0 aromatic carbocycles. The molecule has 0 amide bonds. The first-order valence-corrected chi connectivity index (χ1v) is 6.21. The first-order chi connectivity index (χ1) is 7.39. The lowest BCUT2D eigenvalue weighted by Crippen LogP contribution is -2.23. The fourth-order valence-electron chi connectivity index (χ4n) is 1.87. The molecule has 0 aromatic heterocycles. The molecule has 0 rings (SSSR count). The van der Waals surface area contributed by atoms with Crippen molar-refractivity contribution in [2.45, 2.75) is 32.6 Å². The van der Waals surface area contributed by atoms with Crippen LogP contribution in [0.3, 0.4) is 0 Å². The molecule has 0 saturated carbocycles. The van der Waals surface area contributed by atoms with E-state index >= 15 is 0 Å². The quantitative estimate of drug-likeness (QED) is 0.613. The fourth-order valence-corrected chi connectivity index (χ4v) is 1.87. The van der Waals surface area contributed by atoms with Gasteiger partial charge in [0.25, 0.3) is 0 Å². The molecule has 0 unspecified atom stereocenters. The Morgan fingerprint density at radius 2 is 1.31 bits per heavy atom. The maximum absolute atomic E-state index is 7.58. The molecule has 0 fully saturated rings. The van der Waals surface area contributed by atoms with E-state index in [1.54, 1.807) is 6.21 Å². The lowest BCUT2D eigenvalue weighted by Gasteiger charge is -2.26. The summed E-state index contributed by atoms with van der Waals surface area (Å²) in [4.78, 5) is 4.42. The molecule has 0 aliphatic rings. The molecule has 0 aliphatic heterocycles. The molecule has 0 radical (unpaired) electrons. The van der Waals surface area contributed by atoms with Gasteiger partial charge in [-0.05, 0) is 67.0 Å². The van der Waals surface area contributed by atoms with E-state index in [9.17, 15) is 0 Å². The van der Waals surface area contributed by atoms with Crippen LogP contribution in [0.25, 0.3) is 0 Å². The van der Waals surface area contributed by atoms with Crippen LogP contribution >= 0.6 is 0 Å². The van der Waals surface area contributed by atoms with E-state index in [2.05, 4.69) is 44.9 Å². The van der Waals surface area contributed by atoms with Crippen molar-refractivity contribution >= 4 is 6.21 Å². The fraction of sp³-hybridized carbons (Fsp3) is 0.923. The van der Waals surface area contributed by atoms with E-state index in [1.165, 1.54) is 12.8 Å². The van der Waals surface area contributed by atoms with Crippen molar-refractivity contribution in [1.82, 2.24) is 9.80 Å². The van der Waals surface area contributed by atoms with E-state index in [0.717, 1.165) is 25.9 Å². The minimum atomic E-state index is 0.103. The largest absolute Gasteiger partial charge is 0.313 e. The van der Waals surface area contributed by atoms with Crippen molar-refractivity contribution in [3.63, 3.8) is 0 Å². The molecule has 0 atom stereocenters. The van der Waals surface area contributed by atoms with E-state index in [1.807, 2.05) is 0 Å². The van der Waals surface area contributed by atoms with Gasteiger partial charge in [0.15, 0.2) is 0 Å². The molecule has 16 heavy (non-hydrogen) atoms. The third-order valence-electron chi connectivity index (χ3n) is 3.05. The highest BCUT2D eigenvalue weighted by Crippen LogP contribution is 2.26. The van der Waals surface area contributed by atoms with Gasteiger partial charge in [0.05, 0.1) is 0 Å². The van der Waals surface area contributed by atoms with Crippen LogP contribution in [0.4, 0.5) is 0 Å². The van der Waals surface area contributed by atoms with E-state index in [0.29, 0.717) is 0 Å². The second-order valence-corrected chi connectivity index (χ2v) is 5.61. The van der Waals surface area contributed by atoms with Crippen molar-refractivity contribution < 1.29 is 0 Å². The van der Waals surface area contributed by atoms with Crippen molar-refractivity contribution in [2.75, 3.05) is 41.3 Å². The number of hydrogen-bond acceptors (Lipinski definition) is 3. The van der Waals surface area contributed by atoms with Gasteiger partial charge in [-0.2, -0.15) is 0 Å². The second kappa shape index (κ2) is 7.80. The molecule has 0 heterocycles. The Morgan fingerprint density at radius 3 is 1.56 bits per heavy atom. The summed E-state index contributed by atoms with van der Waals surface area (Å²) in [5, 5.41) is 7.58. The van der Waals surface area contributed by atoms with Crippen molar-refractivity contribution in [3.05, 3.63) is 0 Å². The van der Waals surface area contributed by atoms with Crippen LogP contribution in [-0.4, -0.2) is 57.3 Å². The Labute approximate surface area is 101 Å². The van der Waals surface area contributed by atoms with Gasteiger partial charge >= 0.3 is 0 Å². The van der Waals surface area contributed by atoms with Crippen LogP contribution in [0.2, 0.25) is 0 Å². The van der Waals surface area contributed by atoms with Gasteiger partial charge < -0.3 is 15.2 Å². The van der Waals surface area contributed by atoms with Crippen LogP contribution in [0.5, 0.6) is 0 Å². The Bertz CT molecular complexity index is 174. The summed E-state index contributed by atoms with van der Waals surface area (Å²) in [5.41, 5.74) is 0.103. The zero-order chi connectivity index (χ0) is 12.6. The van der Waals surface area contributed by atoms with Gasteiger partial charge in [-0.3, -0.25) is 0 Å². The molecule has 3 heteroatoms. The van der Waals surface area contributed by atoms with Gasteiger partial charge in [0.1, 0.15) is 0 Å². The maximum atomic E-state index is 7.58. The summed E-state index contributed by atoms with van der Waals surface area (Å²) in [6, 6.07) is 0. The smallest absolute Gasteiger partial charge is 0.00223 e. The van der Waals surface area contributed by atoms with Crippen LogP contribution < -0.4 is 0 Å². The van der Waals surface area contributed by atoms with Gasteiger partial charge in [-0.25, -0.2) is 0 Å². The Kier molecular flexibility index (Phi) is 7.60. The van der Waals surface area contributed by atoms with Crippen molar-refractivity contribution in [1.29, 1.82) is 5.41 Å². The Morgan fingerprint density at radius 1 is 0.938 bits per heavy atom. The van der Waals surface area contributed by atoms with Crippen LogP contribution in [0, 0.1) is 10.8 Å². The third-order valence-corrected chi connectivity index (χ3v) is 3.05. The standard InChI is InChI=1S/C13H29N3/c1-13(12-14,8-6-10-15(2)3)9-7-11-16(4)5/h12,14H,6-11H2,1-5H3. The Hall–Kier alpha value is -0.410. The summed E-state index contributed by atoms with van der Waals surface area (Å²) >= 11 is 0. The monoisotopic (exact) mass is 227 g/mol. The predicted octanol–water partition coefficient (Wildman–Crippen LogP) is 2.33. The minimum absolute atomic E-state index is 0.103. The highest BCUT2D eigenvalue weighted by Gasteiger charge is 2.20. The number of rotatable bonds is 9. The average molecular weight is 227 g/mol. The molecule has 3 nitrogen and oxygen atoms in total. The first kappa shape index (κ1) is 15.6. The minimum Gasteiger partial charge on any atom is -0.313 e. The number of nitrogens with one attached hydrogen (secondary N) is 1. The van der Waals surface area contributed by atoms with Gasteiger partial charge in [-0.15, -0.1) is 0 Å². The number of hydrogen-bond donors (Lipinski definition) is 1. The molecule has 0 aromatic rings. The SMILES string of the molecule is CN(C)CCCC(C)(C=N)CCCN(C)C. The van der Waals surface area contributed by atoms with Gasteiger partial charge in [0.2, 0.25) is 0 Å². The average Bonchev–Trinajstić information content (AvgIpc) is 2.16. The molecule has 0 spiro atoms. The number of nitrogens with zero attached hydrogens (tertiary/aromatic N) is 2. The van der Waals surface area contributed by atoms with Crippen molar-refractivity contribution in [2.24, 2.45) is 5.41 Å². The van der Waals surface area contributed by atoms with E-state index < -0.39 is 0 Å². The molecule has 0 bridgehead atoms. The third kappa shape index (κ3) is 7.83. The second-order valence-electron chi connectivity index (χ2n) is 5.61. The maximum Gasteiger partial charge on any atom is 0.00223 e. The zero-order valence-electron chi connectivity index (χ0n) is 11.7. The molecule has 1 N–H and O–H groups in total. The van der Waals surface area contributed by atoms with Crippen LogP contribution in [0.1, 0.15) is 32.6 Å². The van der Waals surface area contributed by atoms with Gasteiger partial charge in [-0.1, -0.05) is 6.92 Å². The van der Waals surface area contributed by atoms with Gasteiger partial charge in [0, 0.05) is 11.6 Å². The molecule has 0 saturated heterocycles. The van der Waals surface area contributed by atoms with E-state index in [4.69, 9.17) is 5.41 Å². The molecule has 0 aliphatic carbocycles. The summed E-state index contributed by atoms with van der Waals surface area (Å²) < 4.78 is 0. The molecule has 96 valence electrons. The lowest BCUT2D eigenvalue weighted by molar-refractivity contribution is 0.309. The molecular weight excluding hydrogens is 198 g/mol. The Balaban J connectivity index is 3.86. The lowest BCUT2D eigenvalue weighted by atomic mass is 9.82. The zero-order valence-corrected chi connectivity index (χ0v) is 11.7. The summed E-state index contributed by atoms with van der Waals surface area (Å²) in [5.74, 6) is 0. The normalized spacial score (nSPS) is 12.4. The summed E-state index contributed by atoms with van der Waals surface area (Å²) in [6.07, 6.45) is 6.27. The summed E-state index contributed by atoms with van der Waals surface area (Å²) in [6.45, 7) is 4.46. The van der Waals surface area contributed by atoms with Crippen LogP contribution in [-0.2, 0) is 0 Å². The highest BCUT2D eigenvalue weighted by molar-refractivity contribution is 5.61. The van der Waals surface area contributed by atoms with Crippen LogP contribution in [0.15, 0.2) is 0 Å². The topological polar surface area (TPSA) is 30.3 Å². The highest BCUT2D eigenvalue weighted by atomic mass is 15.0.